The summed E-state index contributed by atoms with van der Waals surface area (Å²) in [6.07, 6.45) is 1.13. The van der Waals surface area contributed by atoms with E-state index in [2.05, 4.69) is 46.3 Å². The van der Waals surface area contributed by atoms with Gasteiger partial charge in [-0.05, 0) is 55.3 Å². The van der Waals surface area contributed by atoms with Gasteiger partial charge in [0.25, 0.3) is 0 Å². The Kier molecular flexibility index (Phi) is 7.47. The summed E-state index contributed by atoms with van der Waals surface area (Å²) in [6, 6.07) is 14.7. The molecule has 1 heterocycles. The first-order valence-electron chi connectivity index (χ1n) is 10.2. The summed E-state index contributed by atoms with van der Waals surface area (Å²) in [5, 5.41) is 8.02. The molecule has 30 heavy (non-hydrogen) atoms. The Balaban J connectivity index is 1.33. The molecule has 0 saturated carbocycles. The Morgan fingerprint density at radius 1 is 1.07 bits per heavy atom. The quantitative estimate of drug-likeness (QED) is 0.619. The Morgan fingerprint density at radius 3 is 2.40 bits per heavy atom. The Labute approximate surface area is 178 Å². The van der Waals surface area contributed by atoms with Crippen molar-refractivity contribution in [1.29, 1.82) is 0 Å². The van der Waals surface area contributed by atoms with Gasteiger partial charge in [-0.15, -0.1) is 0 Å². The van der Waals surface area contributed by atoms with Crippen LogP contribution in [0, 0.1) is 6.92 Å². The maximum Gasteiger partial charge on any atom is 0.238 e. The Morgan fingerprint density at radius 2 is 1.77 bits per heavy atom. The van der Waals surface area contributed by atoms with Crippen LogP contribution in [0.3, 0.4) is 0 Å². The lowest BCUT2D eigenvalue weighted by Crippen LogP contribution is -2.47. The van der Waals surface area contributed by atoms with Crippen molar-refractivity contribution in [2.24, 2.45) is 5.14 Å². The number of nitrogens with one attached hydrogen (secondary N) is 1. The molecule has 162 valence electrons. The van der Waals surface area contributed by atoms with Crippen molar-refractivity contribution < 1.29 is 13.2 Å². The molecule has 1 aliphatic heterocycles. The molecule has 0 bridgehead atoms. The van der Waals surface area contributed by atoms with E-state index in [-0.39, 0.29) is 17.2 Å². The second-order valence-corrected chi connectivity index (χ2v) is 9.30. The molecule has 0 aromatic heterocycles. The van der Waals surface area contributed by atoms with Gasteiger partial charge in [-0.3, -0.25) is 9.69 Å². The van der Waals surface area contributed by atoms with Gasteiger partial charge >= 0.3 is 0 Å². The van der Waals surface area contributed by atoms with Gasteiger partial charge in [-0.1, -0.05) is 24.3 Å². The minimum atomic E-state index is -3.71. The number of rotatable bonds is 8. The molecular weight excluding hydrogens is 400 g/mol. The lowest BCUT2D eigenvalue weighted by Gasteiger charge is -2.36. The molecule has 1 aliphatic rings. The zero-order chi connectivity index (χ0) is 21.6. The number of hydrogen-bond donors (Lipinski definition) is 2. The number of hydrogen-bond acceptors (Lipinski definition) is 5. The highest BCUT2D eigenvalue weighted by Gasteiger charge is 2.17. The summed E-state index contributed by atoms with van der Waals surface area (Å²) in [4.78, 5) is 17.0. The molecule has 1 amide bonds. The number of aryl methyl sites for hydroxylation is 1. The summed E-state index contributed by atoms with van der Waals surface area (Å²) in [7, 11) is -3.71. The molecule has 0 spiro atoms. The smallest absolute Gasteiger partial charge is 0.238 e. The van der Waals surface area contributed by atoms with Crippen LogP contribution in [0.2, 0.25) is 0 Å². The standard InChI is InChI=1S/C22H30N4O3S/c1-18-4-2-5-20(16-18)26-14-12-25(13-15-26)11-3-10-24-22(27)17-19-6-8-21(9-7-19)30(23,28)29/h2,4-9,16H,3,10-15,17H2,1H3,(H,24,27)(H2,23,28,29). The number of carbonyl (C=O) groups is 1. The highest BCUT2D eigenvalue weighted by molar-refractivity contribution is 7.89. The van der Waals surface area contributed by atoms with Gasteiger partial charge in [0, 0.05) is 38.4 Å². The SMILES string of the molecule is Cc1cccc(N2CCN(CCCNC(=O)Cc3ccc(S(N)(=O)=O)cc3)CC2)c1. The van der Waals surface area contributed by atoms with Gasteiger partial charge in [0.05, 0.1) is 11.3 Å². The van der Waals surface area contributed by atoms with Crippen molar-refractivity contribution in [1.82, 2.24) is 10.2 Å². The lowest BCUT2D eigenvalue weighted by molar-refractivity contribution is -0.120. The van der Waals surface area contributed by atoms with Crippen LogP contribution >= 0.6 is 0 Å². The van der Waals surface area contributed by atoms with E-state index >= 15 is 0 Å². The van der Waals surface area contributed by atoms with Crippen molar-refractivity contribution in [2.75, 3.05) is 44.2 Å². The minimum absolute atomic E-state index is 0.0501. The van der Waals surface area contributed by atoms with Crippen LogP contribution in [0.1, 0.15) is 17.5 Å². The minimum Gasteiger partial charge on any atom is -0.369 e. The maximum atomic E-state index is 12.1. The van der Waals surface area contributed by atoms with E-state index in [1.165, 1.54) is 23.4 Å². The van der Waals surface area contributed by atoms with E-state index in [1.807, 2.05) is 0 Å². The van der Waals surface area contributed by atoms with Crippen LogP contribution in [0.4, 0.5) is 5.69 Å². The second-order valence-electron chi connectivity index (χ2n) is 7.74. The highest BCUT2D eigenvalue weighted by Crippen LogP contribution is 2.17. The summed E-state index contributed by atoms with van der Waals surface area (Å²) in [5.41, 5.74) is 3.33. The summed E-state index contributed by atoms with van der Waals surface area (Å²) in [5.74, 6) is -0.0670. The monoisotopic (exact) mass is 430 g/mol. The number of amides is 1. The van der Waals surface area contributed by atoms with Gasteiger partial charge in [0.15, 0.2) is 0 Å². The van der Waals surface area contributed by atoms with E-state index in [1.54, 1.807) is 12.1 Å². The van der Waals surface area contributed by atoms with Crippen molar-refractivity contribution in [3.8, 4) is 0 Å². The molecule has 0 aliphatic carbocycles. The number of carbonyl (C=O) groups excluding carboxylic acids is 1. The number of anilines is 1. The van der Waals surface area contributed by atoms with Crippen molar-refractivity contribution in [2.45, 2.75) is 24.7 Å². The molecule has 8 heteroatoms. The number of nitrogens with two attached hydrogens (primary N) is 1. The number of sulfonamides is 1. The van der Waals surface area contributed by atoms with E-state index in [9.17, 15) is 13.2 Å². The number of primary sulfonamides is 1. The maximum absolute atomic E-state index is 12.1. The number of nitrogens with zero attached hydrogens (tertiary/aromatic N) is 2. The Hall–Kier alpha value is -2.42. The Bertz CT molecular complexity index is 953. The molecule has 0 atom stereocenters. The average molecular weight is 431 g/mol. The third kappa shape index (κ3) is 6.55. The predicted octanol–water partition coefficient (Wildman–Crippen LogP) is 1.51. The molecule has 7 nitrogen and oxygen atoms in total. The van der Waals surface area contributed by atoms with Crippen LogP contribution in [0.25, 0.3) is 0 Å². The molecule has 1 saturated heterocycles. The zero-order valence-corrected chi connectivity index (χ0v) is 18.2. The van der Waals surface area contributed by atoms with E-state index in [4.69, 9.17) is 5.14 Å². The topological polar surface area (TPSA) is 95.7 Å². The van der Waals surface area contributed by atoms with Crippen molar-refractivity contribution in [3.63, 3.8) is 0 Å². The molecule has 3 rings (SSSR count). The fourth-order valence-electron chi connectivity index (χ4n) is 3.63. The van der Waals surface area contributed by atoms with Crippen molar-refractivity contribution in [3.05, 3.63) is 59.7 Å². The molecule has 2 aromatic rings. The molecule has 0 unspecified atom stereocenters. The largest absolute Gasteiger partial charge is 0.369 e. The van der Waals surface area contributed by atoms with Crippen LogP contribution in [-0.2, 0) is 21.2 Å². The fourth-order valence-corrected chi connectivity index (χ4v) is 4.15. The van der Waals surface area contributed by atoms with Gasteiger partial charge in [0.2, 0.25) is 15.9 Å². The second kappa shape index (κ2) is 10.1. The van der Waals surface area contributed by atoms with Gasteiger partial charge in [0.1, 0.15) is 0 Å². The first kappa shape index (κ1) is 22.3. The molecule has 1 fully saturated rings. The summed E-state index contributed by atoms with van der Waals surface area (Å²) in [6.45, 7) is 7.80. The third-order valence-corrected chi connectivity index (χ3v) is 6.26. The first-order valence-corrected chi connectivity index (χ1v) is 11.8. The highest BCUT2D eigenvalue weighted by atomic mass is 32.2. The third-order valence-electron chi connectivity index (χ3n) is 5.33. The number of piperazine rings is 1. The van der Waals surface area contributed by atoms with Crippen LogP contribution in [0.5, 0.6) is 0 Å². The number of benzene rings is 2. The molecule has 2 aromatic carbocycles. The van der Waals surface area contributed by atoms with Gasteiger partial charge < -0.3 is 10.2 Å². The van der Waals surface area contributed by atoms with Gasteiger partial charge in [-0.2, -0.15) is 0 Å². The van der Waals surface area contributed by atoms with E-state index in [0.29, 0.717) is 6.54 Å². The lowest BCUT2D eigenvalue weighted by atomic mass is 10.1. The summed E-state index contributed by atoms with van der Waals surface area (Å²) >= 11 is 0. The van der Waals surface area contributed by atoms with Crippen molar-refractivity contribution >= 4 is 21.6 Å². The van der Waals surface area contributed by atoms with E-state index in [0.717, 1.165) is 44.7 Å². The summed E-state index contributed by atoms with van der Waals surface area (Å²) < 4.78 is 22.5. The first-order chi connectivity index (χ1) is 14.3. The normalized spacial score (nSPS) is 15.2. The average Bonchev–Trinajstić information content (AvgIpc) is 2.71. The molecular formula is C22H30N4O3S. The fraction of sp³-hybridized carbons (Fsp3) is 0.409. The molecule has 3 N–H and O–H groups in total. The van der Waals surface area contributed by atoms with Crippen LogP contribution in [-0.4, -0.2) is 58.5 Å². The molecule has 0 radical (unpaired) electrons. The van der Waals surface area contributed by atoms with E-state index < -0.39 is 10.0 Å². The van der Waals surface area contributed by atoms with Gasteiger partial charge in [-0.25, -0.2) is 13.6 Å². The van der Waals surface area contributed by atoms with Crippen LogP contribution < -0.4 is 15.4 Å². The van der Waals surface area contributed by atoms with Crippen LogP contribution in [0.15, 0.2) is 53.4 Å². The zero-order valence-electron chi connectivity index (χ0n) is 17.4. The predicted molar refractivity (Wildman–Crippen MR) is 119 cm³/mol.